The summed E-state index contributed by atoms with van der Waals surface area (Å²) in [6, 6.07) is 7.37. The van der Waals surface area contributed by atoms with E-state index >= 15 is 0 Å². The molecule has 1 heterocycles. The quantitative estimate of drug-likeness (QED) is 0.770. The normalized spacial score (nSPS) is 12.2. The monoisotopic (exact) mass is 331 g/mol. The van der Waals surface area contributed by atoms with Crippen LogP contribution < -0.4 is 0 Å². The van der Waals surface area contributed by atoms with E-state index in [9.17, 15) is 9.59 Å². The van der Waals surface area contributed by atoms with E-state index in [0.717, 1.165) is 16.5 Å². The smallest absolute Gasteiger partial charge is 0.418 e. The van der Waals surface area contributed by atoms with Crippen molar-refractivity contribution in [1.29, 1.82) is 0 Å². The maximum atomic E-state index is 12.2. The molecular weight excluding hydrogens is 306 g/mol. The van der Waals surface area contributed by atoms with Gasteiger partial charge in [0, 0.05) is 11.6 Å². The molecule has 24 heavy (non-hydrogen) atoms. The van der Waals surface area contributed by atoms with Crippen molar-refractivity contribution in [3.05, 3.63) is 36.0 Å². The van der Waals surface area contributed by atoms with Crippen molar-refractivity contribution in [2.45, 2.75) is 59.2 Å². The number of rotatable bonds is 2. The maximum Gasteiger partial charge on any atom is 0.418 e. The zero-order valence-electron chi connectivity index (χ0n) is 15.2. The van der Waals surface area contributed by atoms with Crippen LogP contribution in [0.5, 0.6) is 0 Å². The van der Waals surface area contributed by atoms with Crippen molar-refractivity contribution >= 4 is 23.0 Å². The number of aromatic nitrogens is 1. The van der Waals surface area contributed by atoms with Gasteiger partial charge in [-0.25, -0.2) is 4.79 Å². The average molecular weight is 331 g/mol. The second kappa shape index (κ2) is 6.30. The van der Waals surface area contributed by atoms with E-state index < -0.39 is 17.3 Å². The topological polar surface area (TPSA) is 57.5 Å². The molecular formula is C19H25NO4. The molecule has 130 valence electrons. The lowest BCUT2D eigenvalue weighted by atomic mass is 10.1. The number of benzene rings is 1. The van der Waals surface area contributed by atoms with Crippen LogP contribution in [-0.2, 0) is 20.7 Å². The molecule has 0 fully saturated rings. The van der Waals surface area contributed by atoms with Gasteiger partial charge >= 0.3 is 12.1 Å². The van der Waals surface area contributed by atoms with Crippen LogP contribution in [0.4, 0.5) is 4.79 Å². The Morgan fingerprint density at radius 2 is 1.58 bits per heavy atom. The first kappa shape index (κ1) is 18.0. The van der Waals surface area contributed by atoms with E-state index in [0.29, 0.717) is 0 Å². The lowest BCUT2D eigenvalue weighted by Gasteiger charge is -2.20. The standard InChI is InChI=1S/C19H25NO4/c1-18(2,3)23-16(21)12-13-7-8-15-14(11-13)9-10-20(15)17(22)24-19(4,5)6/h7-11H,12H2,1-6H3. The minimum absolute atomic E-state index is 0.199. The highest BCUT2D eigenvalue weighted by Crippen LogP contribution is 2.20. The molecule has 0 saturated carbocycles. The molecule has 0 aliphatic rings. The summed E-state index contributed by atoms with van der Waals surface area (Å²) in [7, 11) is 0. The lowest BCUT2D eigenvalue weighted by molar-refractivity contribution is -0.153. The highest BCUT2D eigenvalue weighted by molar-refractivity contribution is 5.90. The van der Waals surface area contributed by atoms with Crippen LogP contribution in [0.2, 0.25) is 0 Å². The Morgan fingerprint density at radius 1 is 0.958 bits per heavy atom. The molecule has 1 aromatic heterocycles. The van der Waals surface area contributed by atoms with Gasteiger partial charge in [0.1, 0.15) is 11.2 Å². The van der Waals surface area contributed by atoms with E-state index in [2.05, 4.69) is 0 Å². The van der Waals surface area contributed by atoms with Gasteiger partial charge in [0.05, 0.1) is 11.9 Å². The van der Waals surface area contributed by atoms with Crippen molar-refractivity contribution in [1.82, 2.24) is 4.57 Å². The molecule has 2 aromatic rings. The minimum Gasteiger partial charge on any atom is -0.460 e. The molecule has 0 spiro atoms. The third-order valence-electron chi connectivity index (χ3n) is 3.11. The highest BCUT2D eigenvalue weighted by Gasteiger charge is 2.20. The van der Waals surface area contributed by atoms with Crippen molar-refractivity contribution in [2.75, 3.05) is 0 Å². The highest BCUT2D eigenvalue weighted by atomic mass is 16.6. The van der Waals surface area contributed by atoms with E-state index in [-0.39, 0.29) is 12.4 Å². The molecule has 0 saturated heterocycles. The van der Waals surface area contributed by atoms with Gasteiger partial charge in [0.2, 0.25) is 0 Å². The van der Waals surface area contributed by atoms with Gasteiger partial charge in [-0.2, -0.15) is 0 Å². The third kappa shape index (κ3) is 4.85. The molecule has 0 atom stereocenters. The molecule has 2 rings (SSSR count). The van der Waals surface area contributed by atoms with Crippen molar-refractivity contribution < 1.29 is 19.1 Å². The van der Waals surface area contributed by atoms with E-state index in [1.54, 1.807) is 6.20 Å². The number of ether oxygens (including phenoxy) is 2. The van der Waals surface area contributed by atoms with Gasteiger partial charge in [-0.15, -0.1) is 0 Å². The van der Waals surface area contributed by atoms with Gasteiger partial charge in [-0.1, -0.05) is 6.07 Å². The zero-order valence-corrected chi connectivity index (χ0v) is 15.2. The van der Waals surface area contributed by atoms with Crippen LogP contribution in [0.15, 0.2) is 30.5 Å². The zero-order chi connectivity index (χ0) is 18.1. The largest absolute Gasteiger partial charge is 0.460 e. The number of carbonyl (C=O) groups excluding carboxylic acids is 2. The van der Waals surface area contributed by atoms with Crippen LogP contribution in [0.25, 0.3) is 10.9 Å². The van der Waals surface area contributed by atoms with Gasteiger partial charge in [-0.3, -0.25) is 9.36 Å². The summed E-state index contributed by atoms with van der Waals surface area (Å²) >= 11 is 0. The predicted octanol–water partition coefficient (Wildman–Crippen LogP) is 4.31. The van der Waals surface area contributed by atoms with Crippen molar-refractivity contribution in [3.8, 4) is 0 Å². The van der Waals surface area contributed by atoms with Gasteiger partial charge in [0.25, 0.3) is 0 Å². The van der Waals surface area contributed by atoms with Gasteiger partial charge in [-0.05, 0) is 65.3 Å². The van der Waals surface area contributed by atoms with Crippen LogP contribution in [0, 0.1) is 0 Å². The number of hydrogen-bond acceptors (Lipinski definition) is 4. The minimum atomic E-state index is -0.551. The second-order valence-electron chi connectivity index (χ2n) is 7.82. The summed E-state index contributed by atoms with van der Waals surface area (Å²) in [5.41, 5.74) is 0.543. The summed E-state index contributed by atoms with van der Waals surface area (Å²) in [6.45, 7) is 11.0. The molecule has 1 aromatic carbocycles. The van der Waals surface area contributed by atoms with E-state index in [1.807, 2.05) is 65.8 Å². The SMILES string of the molecule is CC(C)(C)OC(=O)Cc1ccc2c(ccn2C(=O)OC(C)(C)C)c1. The number of nitrogens with zero attached hydrogens (tertiary/aromatic N) is 1. The fourth-order valence-corrected chi connectivity index (χ4v) is 2.32. The van der Waals surface area contributed by atoms with Crippen molar-refractivity contribution in [2.24, 2.45) is 0 Å². The fourth-order valence-electron chi connectivity index (χ4n) is 2.32. The Hall–Kier alpha value is -2.30. The Balaban J connectivity index is 2.19. The van der Waals surface area contributed by atoms with Gasteiger partial charge < -0.3 is 9.47 Å². The predicted molar refractivity (Wildman–Crippen MR) is 93.1 cm³/mol. The number of esters is 1. The Kier molecular flexibility index (Phi) is 4.74. The van der Waals surface area contributed by atoms with Crippen LogP contribution >= 0.6 is 0 Å². The Bertz CT molecular complexity index is 760. The summed E-state index contributed by atoms with van der Waals surface area (Å²) in [6.07, 6.45) is 1.46. The molecule has 0 bridgehead atoms. The van der Waals surface area contributed by atoms with Crippen LogP contribution in [0.1, 0.15) is 47.1 Å². The number of fused-ring (bicyclic) bond motifs is 1. The molecule has 5 nitrogen and oxygen atoms in total. The lowest BCUT2D eigenvalue weighted by Crippen LogP contribution is -2.26. The molecule has 0 N–H and O–H groups in total. The molecule has 0 unspecified atom stereocenters. The maximum absolute atomic E-state index is 12.2. The van der Waals surface area contributed by atoms with E-state index in [4.69, 9.17) is 9.47 Å². The van der Waals surface area contributed by atoms with E-state index in [1.165, 1.54) is 4.57 Å². The fraction of sp³-hybridized carbons (Fsp3) is 0.474. The summed E-state index contributed by atoms with van der Waals surface area (Å²) in [5, 5.41) is 0.877. The molecule has 0 aliphatic heterocycles. The first-order chi connectivity index (χ1) is 10.9. The van der Waals surface area contributed by atoms with Crippen LogP contribution in [-0.4, -0.2) is 27.8 Å². The second-order valence-corrected chi connectivity index (χ2v) is 7.82. The van der Waals surface area contributed by atoms with Crippen molar-refractivity contribution in [3.63, 3.8) is 0 Å². The number of hydrogen-bond donors (Lipinski definition) is 0. The van der Waals surface area contributed by atoms with Crippen LogP contribution in [0.3, 0.4) is 0 Å². The molecule has 0 aliphatic carbocycles. The first-order valence-corrected chi connectivity index (χ1v) is 8.00. The molecule has 0 amide bonds. The third-order valence-corrected chi connectivity index (χ3v) is 3.11. The first-order valence-electron chi connectivity index (χ1n) is 8.00. The molecule has 0 radical (unpaired) electrons. The Morgan fingerprint density at radius 3 is 2.17 bits per heavy atom. The number of carbonyl (C=O) groups is 2. The Labute approximate surface area is 142 Å². The summed E-state index contributed by atoms with van der Waals surface area (Å²) in [4.78, 5) is 24.2. The van der Waals surface area contributed by atoms with Gasteiger partial charge in [0.15, 0.2) is 0 Å². The average Bonchev–Trinajstić information content (AvgIpc) is 2.77. The molecule has 5 heteroatoms. The summed E-state index contributed by atoms with van der Waals surface area (Å²) in [5.74, 6) is -0.270. The summed E-state index contributed by atoms with van der Waals surface area (Å²) < 4.78 is 12.2.